The quantitative estimate of drug-likeness (QED) is 0.156. The Morgan fingerprint density at radius 1 is 0.233 bits per heavy atom. The Hall–Kier alpha value is -9.70. The lowest BCUT2D eigenvalue weighted by Gasteiger charge is -2.13. The normalized spacial score (nSPS) is 11.8. The lowest BCUT2D eigenvalue weighted by Crippen LogP contribution is -1.94. The van der Waals surface area contributed by atoms with Crippen molar-refractivity contribution in [3.05, 3.63) is 261 Å². The number of hydrogen-bond acceptors (Lipinski definition) is 2. The minimum atomic E-state index is 0.862. The molecule has 0 spiro atoms. The summed E-state index contributed by atoms with van der Waals surface area (Å²) in [5.41, 5.74) is 16.7. The van der Waals surface area contributed by atoms with Crippen LogP contribution in [-0.2, 0) is 0 Å². The zero-order valence-corrected chi connectivity index (χ0v) is 39.7. The molecule has 3 heteroatoms. The smallest absolute Gasteiger partial charge is 0.0979 e. The summed E-state index contributed by atoms with van der Waals surface area (Å²) in [4.78, 5) is 10.3. The molecule has 15 rings (SSSR count). The van der Waals surface area contributed by atoms with Crippen LogP contribution >= 0.6 is 0 Å². The first kappa shape index (κ1) is 41.1. The molecule has 0 saturated heterocycles. The van der Waals surface area contributed by atoms with E-state index in [9.17, 15) is 0 Å². The third-order valence-corrected chi connectivity index (χ3v) is 15.2. The van der Waals surface area contributed by atoms with E-state index in [1.54, 1.807) is 0 Å². The third-order valence-electron chi connectivity index (χ3n) is 15.2. The molecule has 73 heavy (non-hydrogen) atoms. The predicted octanol–water partition coefficient (Wildman–Crippen LogP) is 18.8. The first-order valence-corrected chi connectivity index (χ1v) is 25.0. The minimum Gasteiger partial charge on any atom is -0.309 e. The molecule has 0 bridgehead atoms. The number of aromatic nitrogens is 3. The van der Waals surface area contributed by atoms with Crippen molar-refractivity contribution >= 4 is 86.7 Å². The maximum atomic E-state index is 5.26. The van der Waals surface area contributed by atoms with E-state index in [2.05, 4.69) is 259 Å². The predicted molar refractivity (Wildman–Crippen MR) is 309 cm³/mol. The second-order valence-corrected chi connectivity index (χ2v) is 19.3. The van der Waals surface area contributed by atoms with Crippen molar-refractivity contribution in [3.8, 4) is 61.5 Å². The molecule has 13 aromatic carbocycles. The number of rotatable bonds is 6. The van der Waals surface area contributed by atoms with Gasteiger partial charge in [-0.1, -0.05) is 206 Å². The molecule has 0 aliphatic carbocycles. The standard InChI is InChI=1S/C70H43N3/c1-2-19-56-54(17-1)55-18-3-4-22-59(55)64-41-50(33-37-60(56)64)46-31-35-53(36-32-46)73-67-26-10-9-23-61(67)65-42-51(34-38-68(65)73)49-15-11-13-47(39-49)44-27-29-45(30-28-44)48-14-12-16-52(40-48)66-43-71-69-62-24-7-5-20-57(62)58-21-6-8-25-63(58)70(69)72-66/h1-43H. The fourth-order valence-corrected chi connectivity index (χ4v) is 11.7. The van der Waals surface area contributed by atoms with Crippen molar-refractivity contribution in [1.29, 1.82) is 0 Å². The summed E-state index contributed by atoms with van der Waals surface area (Å²) in [6.07, 6.45) is 1.92. The molecule has 3 nitrogen and oxygen atoms in total. The summed E-state index contributed by atoms with van der Waals surface area (Å²) in [7, 11) is 0. The van der Waals surface area contributed by atoms with Crippen molar-refractivity contribution < 1.29 is 0 Å². The van der Waals surface area contributed by atoms with Gasteiger partial charge in [-0.15, -0.1) is 0 Å². The zero-order chi connectivity index (χ0) is 48.0. The van der Waals surface area contributed by atoms with Gasteiger partial charge >= 0.3 is 0 Å². The van der Waals surface area contributed by atoms with Crippen LogP contribution in [0.5, 0.6) is 0 Å². The van der Waals surface area contributed by atoms with Gasteiger partial charge in [0.25, 0.3) is 0 Å². The van der Waals surface area contributed by atoms with E-state index < -0.39 is 0 Å². The van der Waals surface area contributed by atoms with Gasteiger partial charge in [0.05, 0.1) is 34.0 Å². The van der Waals surface area contributed by atoms with Crippen LogP contribution in [0, 0.1) is 0 Å². The molecule has 338 valence electrons. The van der Waals surface area contributed by atoms with Crippen LogP contribution < -0.4 is 0 Å². The molecule has 0 N–H and O–H groups in total. The summed E-state index contributed by atoms with van der Waals surface area (Å²) < 4.78 is 2.41. The monoisotopic (exact) mass is 925 g/mol. The van der Waals surface area contributed by atoms with E-state index in [1.165, 1.54) is 98.3 Å². The Balaban J connectivity index is 0.727. The van der Waals surface area contributed by atoms with Crippen LogP contribution in [0.15, 0.2) is 261 Å². The molecule has 0 aliphatic heterocycles. The van der Waals surface area contributed by atoms with Crippen LogP contribution in [0.2, 0.25) is 0 Å². The maximum Gasteiger partial charge on any atom is 0.0979 e. The van der Waals surface area contributed by atoms with Crippen molar-refractivity contribution in [3.63, 3.8) is 0 Å². The fraction of sp³-hybridized carbons (Fsp3) is 0. The van der Waals surface area contributed by atoms with Crippen molar-refractivity contribution in [2.45, 2.75) is 0 Å². The summed E-state index contributed by atoms with van der Waals surface area (Å²) >= 11 is 0. The highest BCUT2D eigenvalue weighted by molar-refractivity contribution is 6.26. The van der Waals surface area contributed by atoms with E-state index in [0.717, 1.165) is 49.9 Å². The van der Waals surface area contributed by atoms with E-state index in [-0.39, 0.29) is 0 Å². The first-order chi connectivity index (χ1) is 36.2. The van der Waals surface area contributed by atoms with E-state index >= 15 is 0 Å². The van der Waals surface area contributed by atoms with Gasteiger partial charge in [-0.2, -0.15) is 0 Å². The fourth-order valence-electron chi connectivity index (χ4n) is 11.7. The molecule has 0 unspecified atom stereocenters. The van der Waals surface area contributed by atoms with Crippen LogP contribution in [0.25, 0.3) is 148 Å². The lowest BCUT2D eigenvalue weighted by atomic mass is 9.92. The molecule has 0 amide bonds. The van der Waals surface area contributed by atoms with Gasteiger partial charge in [0.2, 0.25) is 0 Å². The highest BCUT2D eigenvalue weighted by atomic mass is 15.0. The topological polar surface area (TPSA) is 30.7 Å². The number of para-hydroxylation sites is 1. The number of hydrogen-bond donors (Lipinski definition) is 0. The summed E-state index contributed by atoms with van der Waals surface area (Å²) in [6.45, 7) is 0. The Labute approximate surface area is 421 Å². The highest BCUT2D eigenvalue weighted by Gasteiger charge is 2.17. The van der Waals surface area contributed by atoms with Gasteiger partial charge < -0.3 is 4.57 Å². The van der Waals surface area contributed by atoms with Gasteiger partial charge in [-0.05, 0) is 136 Å². The minimum absolute atomic E-state index is 0.862. The zero-order valence-electron chi connectivity index (χ0n) is 39.7. The Kier molecular flexibility index (Phi) is 9.26. The SMILES string of the molecule is c1cc(-c2ccc(-c3cccc(-c4cnc5c6ccccc6c6ccccc6c5n4)c3)cc2)cc(-c2ccc3c(c2)c2ccccc2n3-c2ccc(-c3ccc4c5ccccc5c5ccccc5c4c3)cc2)c1. The van der Waals surface area contributed by atoms with Gasteiger partial charge in [0.1, 0.15) is 0 Å². The van der Waals surface area contributed by atoms with Crippen LogP contribution in [-0.4, -0.2) is 14.5 Å². The molecule has 2 aromatic heterocycles. The summed E-state index contributed by atoms with van der Waals surface area (Å²) in [6, 6.07) is 92.8. The lowest BCUT2D eigenvalue weighted by molar-refractivity contribution is 1.18. The Morgan fingerprint density at radius 2 is 0.616 bits per heavy atom. The Bertz CT molecular complexity index is 4650. The Morgan fingerprint density at radius 3 is 1.23 bits per heavy atom. The van der Waals surface area contributed by atoms with Crippen molar-refractivity contribution in [2.24, 2.45) is 0 Å². The van der Waals surface area contributed by atoms with E-state index in [0.29, 0.717) is 0 Å². The molecular formula is C70H43N3. The van der Waals surface area contributed by atoms with Crippen LogP contribution in [0.4, 0.5) is 0 Å². The molecule has 0 atom stereocenters. The molecule has 0 aliphatic rings. The molecule has 15 aromatic rings. The van der Waals surface area contributed by atoms with Crippen LogP contribution in [0.1, 0.15) is 0 Å². The number of fused-ring (bicyclic) bond motifs is 15. The molecule has 0 saturated carbocycles. The summed E-state index contributed by atoms with van der Waals surface area (Å²) in [5.74, 6) is 0. The van der Waals surface area contributed by atoms with E-state index in [1.807, 2.05) is 6.20 Å². The maximum absolute atomic E-state index is 5.26. The van der Waals surface area contributed by atoms with Gasteiger partial charge in [-0.25, -0.2) is 4.98 Å². The summed E-state index contributed by atoms with van der Waals surface area (Å²) in [5, 5.41) is 14.9. The first-order valence-electron chi connectivity index (χ1n) is 25.0. The van der Waals surface area contributed by atoms with Crippen molar-refractivity contribution in [1.82, 2.24) is 14.5 Å². The average Bonchev–Trinajstić information content (AvgIpc) is 3.81. The largest absolute Gasteiger partial charge is 0.309 e. The van der Waals surface area contributed by atoms with E-state index in [4.69, 9.17) is 9.97 Å². The second kappa shape index (κ2) is 16.4. The van der Waals surface area contributed by atoms with Crippen molar-refractivity contribution in [2.75, 3.05) is 0 Å². The third kappa shape index (κ3) is 6.67. The second-order valence-electron chi connectivity index (χ2n) is 19.3. The number of nitrogens with zero attached hydrogens (tertiary/aromatic N) is 3. The molecular weight excluding hydrogens is 883 g/mol. The number of benzene rings is 13. The van der Waals surface area contributed by atoms with Gasteiger partial charge in [-0.3, -0.25) is 4.98 Å². The van der Waals surface area contributed by atoms with Gasteiger partial charge in [0.15, 0.2) is 0 Å². The molecule has 2 heterocycles. The molecule has 0 radical (unpaired) electrons. The molecule has 0 fully saturated rings. The van der Waals surface area contributed by atoms with Crippen LogP contribution in [0.3, 0.4) is 0 Å². The average molecular weight is 926 g/mol. The van der Waals surface area contributed by atoms with Gasteiger partial charge in [0, 0.05) is 32.8 Å². The highest BCUT2D eigenvalue weighted by Crippen LogP contribution is 2.40.